The Labute approximate surface area is 161 Å². The van der Waals surface area contributed by atoms with Crippen LogP contribution in [-0.2, 0) is 19.6 Å². The number of carbonyl (C=O) groups excluding carboxylic acids is 1. The summed E-state index contributed by atoms with van der Waals surface area (Å²) in [7, 11) is -3.23. The number of benzene rings is 1. The number of hydrogen-bond donors (Lipinski definition) is 2. The first-order valence-corrected chi connectivity index (χ1v) is 11.0. The topological polar surface area (TPSA) is 93.7 Å². The van der Waals surface area contributed by atoms with Gasteiger partial charge in [-0.15, -0.1) is 0 Å². The lowest BCUT2D eigenvalue weighted by atomic mass is 10.1. The molecule has 0 radical (unpaired) electrons. The quantitative estimate of drug-likeness (QED) is 0.591. The van der Waals surface area contributed by atoms with Crippen LogP contribution in [0.15, 0.2) is 24.3 Å². The molecule has 27 heavy (non-hydrogen) atoms. The molecule has 1 heterocycles. The van der Waals surface area contributed by atoms with Crippen molar-refractivity contribution in [3.63, 3.8) is 0 Å². The van der Waals surface area contributed by atoms with E-state index in [1.165, 1.54) is 0 Å². The average Bonchev–Trinajstić information content (AvgIpc) is 2.64. The summed E-state index contributed by atoms with van der Waals surface area (Å²) in [4.78, 5) is 12.0. The molecule has 0 aromatic heterocycles. The largest absolute Gasteiger partial charge is 0.490 e. The summed E-state index contributed by atoms with van der Waals surface area (Å²) in [6.07, 6.45) is 3.57. The summed E-state index contributed by atoms with van der Waals surface area (Å²) in [5.74, 6) is 0.706. The van der Waals surface area contributed by atoms with Gasteiger partial charge in [0.25, 0.3) is 0 Å². The summed E-state index contributed by atoms with van der Waals surface area (Å²) in [6.45, 7) is 5.09. The normalized spacial score (nSPS) is 15.7. The Morgan fingerprint density at radius 1 is 1.19 bits per heavy atom. The molecule has 8 heteroatoms. The van der Waals surface area contributed by atoms with E-state index in [1.807, 2.05) is 24.3 Å². The molecule has 152 valence electrons. The Balaban J connectivity index is 1.65. The highest BCUT2D eigenvalue weighted by Gasteiger charge is 2.15. The van der Waals surface area contributed by atoms with Gasteiger partial charge in [0.15, 0.2) is 0 Å². The zero-order valence-corrected chi connectivity index (χ0v) is 16.9. The van der Waals surface area contributed by atoms with Gasteiger partial charge in [-0.05, 0) is 51.0 Å². The molecular formula is C19H30N2O5S. The monoisotopic (exact) mass is 398 g/mol. The fourth-order valence-corrected chi connectivity index (χ4v) is 3.38. The van der Waals surface area contributed by atoms with Gasteiger partial charge in [0.05, 0.1) is 18.5 Å². The van der Waals surface area contributed by atoms with Crippen molar-refractivity contribution in [2.45, 2.75) is 57.3 Å². The molecule has 0 bridgehead atoms. The highest BCUT2D eigenvalue weighted by molar-refractivity contribution is 7.90. The van der Waals surface area contributed by atoms with Gasteiger partial charge in [0.2, 0.25) is 15.9 Å². The van der Waals surface area contributed by atoms with Crippen molar-refractivity contribution < 1.29 is 22.7 Å². The van der Waals surface area contributed by atoms with Crippen molar-refractivity contribution in [2.24, 2.45) is 0 Å². The molecule has 0 aliphatic carbocycles. The molecule has 0 spiro atoms. The number of anilines is 1. The van der Waals surface area contributed by atoms with Gasteiger partial charge in [0, 0.05) is 31.5 Å². The van der Waals surface area contributed by atoms with E-state index in [1.54, 1.807) is 13.8 Å². The highest BCUT2D eigenvalue weighted by atomic mass is 32.2. The third-order valence-electron chi connectivity index (χ3n) is 4.36. The Bertz CT molecular complexity index is 683. The predicted octanol–water partition coefficient (Wildman–Crippen LogP) is 2.68. The SMILES string of the molecule is CC(C)S(=O)(=O)NCCCCC(=O)Nc1ccc(OC2CCOCC2)cc1. The molecule has 2 N–H and O–H groups in total. The molecule has 1 saturated heterocycles. The van der Waals surface area contributed by atoms with Gasteiger partial charge in [-0.25, -0.2) is 13.1 Å². The molecule has 1 fully saturated rings. The summed E-state index contributed by atoms with van der Waals surface area (Å²) in [5.41, 5.74) is 0.722. The number of sulfonamides is 1. The van der Waals surface area contributed by atoms with Crippen molar-refractivity contribution in [3.8, 4) is 5.75 Å². The van der Waals surface area contributed by atoms with Crippen LogP contribution in [0.4, 0.5) is 5.69 Å². The number of amides is 1. The van der Waals surface area contributed by atoms with Crippen LogP contribution in [-0.4, -0.2) is 45.4 Å². The van der Waals surface area contributed by atoms with Gasteiger partial charge < -0.3 is 14.8 Å². The maximum absolute atomic E-state index is 12.0. The fraction of sp³-hybridized carbons (Fsp3) is 0.632. The van der Waals surface area contributed by atoms with Crippen LogP contribution in [0.25, 0.3) is 0 Å². The van der Waals surface area contributed by atoms with Crippen LogP contribution in [0, 0.1) is 0 Å². The number of unbranched alkanes of at least 4 members (excludes halogenated alkanes) is 1. The van der Waals surface area contributed by atoms with E-state index in [0.29, 0.717) is 25.8 Å². The second-order valence-electron chi connectivity index (χ2n) is 6.95. The molecule has 1 aromatic carbocycles. The lowest BCUT2D eigenvalue weighted by Gasteiger charge is -2.23. The van der Waals surface area contributed by atoms with E-state index in [-0.39, 0.29) is 12.0 Å². The van der Waals surface area contributed by atoms with Gasteiger partial charge in [-0.1, -0.05) is 0 Å². The predicted molar refractivity (Wildman–Crippen MR) is 105 cm³/mol. The lowest BCUT2D eigenvalue weighted by molar-refractivity contribution is -0.116. The van der Waals surface area contributed by atoms with E-state index < -0.39 is 15.3 Å². The number of hydrogen-bond acceptors (Lipinski definition) is 5. The highest BCUT2D eigenvalue weighted by Crippen LogP contribution is 2.20. The number of nitrogens with one attached hydrogen (secondary N) is 2. The number of rotatable bonds is 10. The van der Waals surface area contributed by atoms with Crippen LogP contribution in [0.5, 0.6) is 5.75 Å². The smallest absolute Gasteiger partial charge is 0.224 e. The van der Waals surface area contributed by atoms with Crippen molar-refractivity contribution in [3.05, 3.63) is 24.3 Å². The first-order chi connectivity index (χ1) is 12.9. The zero-order chi connectivity index (χ0) is 19.7. The third-order valence-corrected chi connectivity index (χ3v) is 6.21. The maximum atomic E-state index is 12.0. The molecule has 1 aliphatic rings. The third kappa shape index (κ3) is 7.86. The molecule has 0 saturated carbocycles. The van der Waals surface area contributed by atoms with Crippen LogP contribution < -0.4 is 14.8 Å². The Morgan fingerprint density at radius 2 is 1.85 bits per heavy atom. The fourth-order valence-electron chi connectivity index (χ4n) is 2.62. The van der Waals surface area contributed by atoms with Gasteiger partial charge in [-0.3, -0.25) is 4.79 Å². The molecule has 2 rings (SSSR count). The minimum atomic E-state index is -3.23. The zero-order valence-electron chi connectivity index (χ0n) is 16.1. The van der Waals surface area contributed by atoms with Crippen LogP contribution in [0.3, 0.4) is 0 Å². The Hall–Kier alpha value is -1.64. The minimum absolute atomic E-state index is 0.0835. The van der Waals surface area contributed by atoms with Gasteiger partial charge in [-0.2, -0.15) is 0 Å². The Morgan fingerprint density at radius 3 is 2.48 bits per heavy atom. The average molecular weight is 399 g/mol. The number of ether oxygens (including phenoxy) is 2. The summed E-state index contributed by atoms with van der Waals surface area (Å²) < 4.78 is 37.0. The van der Waals surface area contributed by atoms with E-state index >= 15 is 0 Å². The molecule has 0 unspecified atom stereocenters. The minimum Gasteiger partial charge on any atom is -0.490 e. The summed E-state index contributed by atoms with van der Waals surface area (Å²) in [5, 5.41) is 2.40. The first-order valence-electron chi connectivity index (χ1n) is 9.49. The van der Waals surface area contributed by atoms with Gasteiger partial charge in [0.1, 0.15) is 11.9 Å². The summed E-state index contributed by atoms with van der Waals surface area (Å²) in [6, 6.07) is 7.35. The van der Waals surface area contributed by atoms with Crippen molar-refractivity contribution >= 4 is 21.6 Å². The standard InChI is InChI=1S/C19H30N2O5S/c1-15(2)27(23,24)20-12-4-3-5-19(22)21-16-6-8-17(9-7-16)26-18-10-13-25-14-11-18/h6-9,15,18,20H,3-5,10-14H2,1-2H3,(H,21,22). The van der Waals surface area contributed by atoms with E-state index in [9.17, 15) is 13.2 Å². The lowest BCUT2D eigenvalue weighted by Crippen LogP contribution is -2.31. The first kappa shape index (κ1) is 21.7. The van der Waals surface area contributed by atoms with Crippen molar-refractivity contribution in [2.75, 3.05) is 25.1 Å². The molecule has 1 aromatic rings. The summed E-state index contributed by atoms with van der Waals surface area (Å²) >= 11 is 0. The van der Waals surface area contributed by atoms with E-state index in [4.69, 9.17) is 9.47 Å². The molecule has 1 amide bonds. The van der Waals surface area contributed by atoms with E-state index in [0.717, 1.165) is 37.5 Å². The molecule has 1 aliphatic heterocycles. The van der Waals surface area contributed by atoms with E-state index in [2.05, 4.69) is 10.0 Å². The van der Waals surface area contributed by atoms with Gasteiger partial charge >= 0.3 is 0 Å². The number of carbonyl (C=O) groups is 1. The van der Waals surface area contributed by atoms with Crippen LogP contribution in [0.2, 0.25) is 0 Å². The second-order valence-corrected chi connectivity index (χ2v) is 9.27. The maximum Gasteiger partial charge on any atom is 0.224 e. The Kier molecular flexibility index (Phi) is 8.53. The molecular weight excluding hydrogens is 368 g/mol. The van der Waals surface area contributed by atoms with Crippen LogP contribution in [0.1, 0.15) is 46.0 Å². The van der Waals surface area contributed by atoms with Crippen molar-refractivity contribution in [1.29, 1.82) is 0 Å². The molecule has 0 atom stereocenters. The van der Waals surface area contributed by atoms with Crippen molar-refractivity contribution in [1.82, 2.24) is 4.72 Å². The van der Waals surface area contributed by atoms with Crippen LogP contribution >= 0.6 is 0 Å². The molecule has 7 nitrogen and oxygen atoms in total. The second kappa shape index (κ2) is 10.6.